The zero-order chi connectivity index (χ0) is 19.9. The average Bonchev–Trinajstić information content (AvgIpc) is 2.64. The number of esters is 1. The molecular weight excluding hydrogens is 353 g/mol. The van der Waals surface area contributed by atoms with Gasteiger partial charge in [-0.25, -0.2) is 4.79 Å². The second-order valence-electron chi connectivity index (χ2n) is 6.46. The van der Waals surface area contributed by atoms with Crippen LogP contribution in [0.3, 0.4) is 0 Å². The Balaban J connectivity index is -0.000000186. The van der Waals surface area contributed by atoms with E-state index in [1.807, 2.05) is 0 Å². The molecule has 1 N–H and O–H groups in total. The van der Waals surface area contributed by atoms with Gasteiger partial charge in [0, 0.05) is 12.5 Å². The minimum atomic E-state index is -0.664. The molecule has 0 aliphatic heterocycles. The van der Waals surface area contributed by atoms with Crippen LogP contribution in [-0.2, 0) is 14.3 Å². The molecule has 0 saturated carbocycles. The fourth-order valence-corrected chi connectivity index (χ4v) is 2.43. The van der Waals surface area contributed by atoms with Crippen molar-refractivity contribution in [2.45, 2.75) is 96.8 Å². The Morgan fingerprint density at radius 1 is 0.889 bits per heavy atom. The summed E-state index contributed by atoms with van der Waals surface area (Å²) in [6.45, 7) is 5.42. The van der Waals surface area contributed by atoms with Gasteiger partial charge in [0.15, 0.2) is 0 Å². The number of rotatable bonds is 16. The van der Waals surface area contributed by atoms with Crippen LogP contribution >= 0.6 is 0 Å². The molecule has 0 heterocycles. The second kappa shape index (κ2) is 27.4. The molecule has 0 amide bonds. The molecule has 27 heavy (non-hydrogen) atoms. The first-order chi connectivity index (χ1) is 12.6. The minimum absolute atomic E-state index is 0. The molecule has 0 aromatic rings. The van der Waals surface area contributed by atoms with E-state index in [1.54, 1.807) is 0 Å². The summed E-state index contributed by atoms with van der Waals surface area (Å²) in [6.07, 6.45) is 22.4. The van der Waals surface area contributed by atoms with E-state index in [9.17, 15) is 9.59 Å². The van der Waals surface area contributed by atoms with Crippen LogP contribution < -0.4 is 0 Å². The second-order valence-corrected chi connectivity index (χ2v) is 6.46. The summed E-state index contributed by atoms with van der Waals surface area (Å²) in [6, 6.07) is 0. The SMILES string of the molecule is C=CC(=O)OC.CCCCCCCC/C=C\CCCCCCCC(=O)O.[H-].[H-].[Mg+2]. The minimum Gasteiger partial charge on any atom is -1.00 e. The summed E-state index contributed by atoms with van der Waals surface area (Å²) in [5, 5.41) is 8.51. The summed E-state index contributed by atoms with van der Waals surface area (Å²) in [5.74, 6) is -1.06. The molecule has 0 bridgehead atoms. The van der Waals surface area contributed by atoms with Crippen molar-refractivity contribution in [2.24, 2.45) is 0 Å². The van der Waals surface area contributed by atoms with Gasteiger partial charge in [0.2, 0.25) is 0 Å². The van der Waals surface area contributed by atoms with Gasteiger partial charge in [-0.1, -0.05) is 77.0 Å². The van der Waals surface area contributed by atoms with Crippen molar-refractivity contribution >= 4 is 35.0 Å². The predicted molar refractivity (Wildman–Crippen MR) is 117 cm³/mol. The van der Waals surface area contributed by atoms with Gasteiger partial charge < -0.3 is 12.7 Å². The van der Waals surface area contributed by atoms with Crippen molar-refractivity contribution in [3.05, 3.63) is 24.8 Å². The summed E-state index contributed by atoms with van der Waals surface area (Å²) in [5.41, 5.74) is 0. The molecule has 0 spiro atoms. The Hall–Kier alpha value is -0.814. The first-order valence-electron chi connectivity index (χ1n) is 10.2. The Kier molecular flexibility index (Phi) is 31.4. The maximum atomic E-state index is 10.3. The molecule has 0 aromatic carbocycles. The summed E-state index contributed by atoms with van der Waals surface area (Å²) in [7, 11) is 1.31. The first kappa shape index (κ1) is 30.9. The number of carbonyl (C=O) groups is 2. The van der Waals surface area contributed by atoms with Crippen molar-refractivity contribution in [1.82, 2.24) is 0 Å². The van der Waals surface area contributed by atoms with E-state index in [2.05, 4.69) is 30.4 Å². The summed E-state index contributed by atoms with van der Waals surface area (Å²) < 4.78 is 4.14. The number of hydrogen-bond acceptors (Lipinski definition) is 3. The van der Waals surface area contributed by atoms with Gasteiger partial charge in [0.05, 0.1) is 7.11 Å². The van der Waals surface area contributed by atoms with E-state index < -0.39 is 11.9 Å². The zero-order valence-corrected chi connectivity index (χ0v) is 19.1. The number of allylic oxidation sites excluding steroid dienone is 2. The Morgan fingerprint density at radius 3 is 1.70 bits per heavy atom. The number of ether oxygens (including phenoxy) is 1. The molecule has 0 aliphatic carbocycles. The van der Waals surface area contributed by atoms with Crippen LogP contribution in [0, 0.1) is 0 Å². The molecule has 0 unspecified atom stereocenters. The van der Waals surface area contributed by atoms with E-state index in [-0.39, 0.29) is 25.9 Å². The molecule has 0 rings (SSSR count). The van der Waals surface area contributed by atoms with Gasteiger partial charge in [-0.3, -0.25) is 4.79 Å². The molecule has 0 aliphatic rings. The number of methoxy groups -OCH3 is 1. The quantitative estimate of drug-likeness (QED) is 0.110. The third-order valence-corrected chi connectivity index (χ3v) is 4.02. The van der Waals surface area contributed by atoms with E-state index in [1.165, 1.54) is 77.7 Å². The largest absolute Gasteiger partial charge is 2.00 e. The fourth-order valence-electron chi connectivity index (χ4n) is 2.43. The Labute approximate surface area is 185 Å². The van der Waals surface area contributed by atoms with Crippen LogP contribution in [-0.4, -0.2) is 47.2 Å². The standard InChI is InChI=1S/C18H34O2.C4H6O2.Mg.2H/c1-2-3-4-5-6-7-8-9-10-11-12-13-14-15-16-17-18(19)20;1-3-4(5)6-2;;;/h9-10H,2-8,11-17H2,1H3,(H,19,20);3H,1H2,2H3;;;/q;;+2;2*-1/b10-9-;;;;. The van der Waals surface area contributed by atoms with Crippen LogP contribution in [0.25, 0.3) is 0 Å². The van der Waals surface area contributed by atoms with Crippen LogP contribution in [0.5, 0.6) is 0 Å². The van der Waals surface area contributed by atoms with E-state index >= 15 is 0 Å². The number of unbranched alkanes of at least 4 members (excludes halogenated alkanes) is 11. The maximum Gasteiger partial charge on any atom is 2.00 e. The molecule has 0 atom stereocenters. The molecule has 4 nitrogen and oxygen atoms in total. The smallest absolute Gasteiger partial charge is 1.00 e. The van der Waals surface area contributed by atoms with Crippen molar-refractivity contribution < 1.29 is 22.3 Å². The van der Waals surface area contributed by atoms with Gasteiger partial charge in [0.25, 0.3) is 0 Å². The normalized spacial score (nSPS) is 9.85. The summed E-state index contributed by atoms with van der Waals surface area (Å²) in [4.78, 5) is 20.2. The van der Waals surface area contributed by atoms with Crippen molar-refractivity contribution in [1.29, 1.82) is 0 Å². The predicted octanol–water partition coefficient (Wildman–Crippen LogP) is 6.30. The fraction of sp³-hybridized carbons (Fsp3) is 0.727. The van der Waals surface area contributed by atoms with Crippen molar-refractivity contribution in [2.75, 3.05) is 7.11 Å². The zero-order valence-electron chi connectivity index (χ0n) is 19.7. The van der Waals surface area contributed by atoms with Crippen molar-refractivity contribution in [3.8, 4) is 0 Å². The summed E-state index contributed by atoms with van der Waals surface area (Å²) >= 11 is 0. The third kappa shape index (κ3) is 33.2. The third-order valence-electron chi connectivity index (χ3n) is 4.02. The number of carbonyl (C=O) groups excluding carboxylic acids is 1. The molecule has 5 heteroatoms. The van der Waals surface area contributed by atoms with Gasteiger partial charge in [-0.15, -0.1) is 0 Å². The number of hydrogen-bond donors (Lipinski definition) is 1. The number of aliphatic carboxylic acids is 1. The van der Waals surface area contributed by atoms with Gasteiger partial charge in [-0.05, 0) is 32.1 Å². The van der Waals surface area contributed by atoms with E-state index in [4.69, 9.17) is 5.11 Å². The molecule has 0 saturated heterocycles. The van der Waals surface area contributed by atoms with Crippen LogP contribution in [0.4, 0.5) is 0 Å². The average molecular weight is 395 g/mol. The topological polar surface area (TPSA) is 63.6 Å². The van der Waals surface area contributed by atoms with Crippen LogP contribution in [0.1, 0.15) is 99.7 Å². The van der Waals surface area contributed by atoms with E-state index in [0.29, 0.717) is 6.42 Å². The molecule has 0 radical (unpaired) electrons. The van der Waals surface area contributed by atoms with Gasteiger partial charge in [0.1, 0.15) is 0 Å². The number of carboxylic acids is 1. The molecular formula is C22H42MgO4. The van der Waals surface area contributed by atoms with Crippen molar-refractivity contribution in [3.63, 3.8) is 0 Å². The molecule has 0 fully saturated rings. The van der Waals surface area contributed by atoms with E-state index in [0.717, 1.165) is 18.9 Å². The maximum absolute atomic E-state index is 10.3. The van der Waals surface area contributed by atoms with Crippen LogP contribution in [0.2, 0.25) is 0 Å². The van der Waals surface area contributed by atoms with Gasteiger partial charge >= 0.3 is 35.0 Å². The molecule has 0 aromatic heterocycles. The monoisotopic (exact) mass is 394 g/mol. The van der Waals surface area contributed by atoms with Gasteiger partial charge in [-0.2, -0.15) is 0 Å². The Bertz CT molecular complexity index is 378. The molecule has 156 valence electrons. The number of carboxylic acid groups (broad SMARTS) is 1. The van der Waals surface area contributed by atoms with Crippen LogP contribution in [0.15, 0.2) is 24.8 Å². The Morgan fingerprint density at radius 2 is 1.33 bits per heavy atom. The first-order valence-corrected chi connectivity index (χ1v) is 10.2.